The van der Waals surface area contributed by atoms with Crippen LogP contribution in [0.3, 0.4) is 0 Å². The maximum absolute atomic E-state index is 13.5. The van der Waals surface area contributed by atoms with Gasteiger partial charge in [0.25, 0.3) is 5.91 Å². The molecule has 1 fully saturated rings. The van der Waals surface area contributed by atoms with Gasteiger partial charge in [-0.2, -0.15) is 13.2 Å². The normalized spacial score (nSPS) is 19.1. The molecule has 1 N–H and O–H groups in total. The lowest BCUT2D eigenvalue weighted by molar-refractivity contribution is -0.138. The van der Waals surface area contributed by atoms with Crippen molar-refractivity contribution >= 4 is 16.7 Å². The van der Waals surface area contributed by atoms with Crippen LogP contribution in [0.1, 0.15) is 40.1 Å². The van der Waals surface area contributed by atoms with Crippen molar-refractivity contribution < 1.29 is 23.1 Å². The van der Waals surface area contributed by atoms with Gasteiger partial charge in [-0.1, -0.05) is 48.5 Å². The minimum absolute atomic E-state index is 0.0988. The van der Waals surface area contributed by atoms with E-state index in [1.165, 1.54) is 26.2 Å². The topological polar surface area (TPSA) is 67.5 Å². The summed E-state index contributed by atoms with van der Waals surface area (Å²) in [5.74, 6) is -1.06. The Morgan fingerprint density at radius 3 is 2.47 bits per heavy atom. The first kappa shape index (κ1) is 20.6. The van der Waals surface area contributed by atoms with E-state index in [0.29, 0.717) is 12.1 Å². The van der Waals surface area contributed by atoms with Gasteiger partial charge in [0, 0.05) is 11.9 Å². The molecule has 4 aromatic rings. The molecule has 34 heavy (non-hydrogen) atoms. The van der Waals surface area contributed by atoms with E-state index in [-0.39, 0.29) is 18.1 Å². The molecule has 1 aromatic heterocycles. The number of halogens is 3. The molecule has 172 valence electrons. The highest BCUT2D eigenvalue weighted by molar-refractivity contribution is 5.96. The van der Waals surface area contributed by atoms with Crippen LogP contribution in [0.15, 0.2) is 71.5 Å². The number of carbonyl (C=O) groups excluding carboxylic acids is 1. The van der Waals surface area contributed by atoms with Crippen molar-refractivity contribution in [3.63, 3.8) is 0 Å². The highest BCUT2D eigenvalue weighted by Gasteiger charge is 2.50. The summed E-state index contributed by atoms with van der Waals surface area (Å²) in [6.45, 7) is 0.0988. The Kier molecular flexibility index (Phi) is 4.23. The van der Waals surface area contributed by atoms with E-state index in [0.717, 1.165) is 22.9 Å². The molecule has 2 bridgehead atoms. The van der Waals surface area contributed by atoms with Gasteiger partial charge in [-0.25, -0.2) is 9.36 Å². The second kappa shape index (κ2) is 6.99. The summed E-state index contributed by atoms with van der Waals surface area (Å²) >= 11 is 0. The van der Waals surface area contributed by atoms with Crippen molar-refractivity contribution in [3.05, 3.63) is 94.0 Å². The maximum atomic E-state index is 13.5. The van der Waals surface area contributed by atoms with Crippen molar-refractivity contribution in [2.24, 2.45) is 0 Å². The first-order valence-electron chi connectivity index (χ1n) is 10.8. The third-order valence-electron chi connectivity index (χ3n) is 6.79. The predicted octanol–water partition coefficient (Wildman–Crippen LogP) is 4.66. The average molecular weight is 465 g/mol. The van der Waals surface area contributed by atoms with Crippen molar-refractivity contribution in [2.75, 3.05) is 6.54 Å². The highest BCUT2D eigenvalue weighted by Crippen LogP contribution is 2.49. The summed E-state index contributed by atoms with van der Waals surface area (Å²) < 4.78 is 43.2. The molecule has 0 spiro atoms. The molecule has 2 atom stereocenters. The number of hydrogen-bond donors (Lipinski definition) is 1. The zero-order chi connectivity index (χ0) is 23.8. The van der Waals surface area contributed by atoms with E-state index in [2.05, 4.69) is 0 Å². The molecular weight excluding hydrogens is 447 g/mol. The second-order valence-corrected chi connectivity index (χ2v) is 8.60. The number of amides is 1. The van der Waals surface area contributed by atoms with E-state index in [4.69, 9.17) is 0 Å². The minimum Gasteiger partial charge on any atom is -0.493 e. The summed E-state index contributed by atoms with van der Waals surface area (Å²) in [5, 5.41) is 12.8. The van der Waals surface area contributed by atoms with Crippen LogP contribution in [0, 0.1) is 0 Å². The fourth-order valence-electron chi connectivity index (χ4n) is 5.36. The fraction of sp³-hybridized carbons (Fsp3) is 0.200. The lowest BCUT2D eigenvalue weighted by atomic mass is 10.0. The van der Waals surface area contributed by atoms with Gasteiger partial charge in [-0.05, 0) is 30.0 Å². The SMILES string of the molecule is O=C(c1ccccc1C(F)(F)F)N1C[C@@H]2C[C@H]1c1c(O)n(-c3cccc4ccccc34)c(=O)n12. The lowest BCUT2D eigenvalue weighted by Gasteiger charge is -2.28. The molecule has 1 amide bonds. The number of fused-ring (bicyclic) bond motifs is 6. The molecule has 6 nitrogen and oxygen atoms in total. The van der Waals surface area contributed by atoms with Crippen LogP contribution >= 0.6 is 0 Å². The van der Waals surface area contributed by atoms with Crippen LogP contribution in [-0.4, -0.2) is 31.6 Å². The highest BCUT2D eigenvalue weighted by atomic mass is 19.4. The molecule has 0 unspecified atom stereocenters. The molecule has 6 rings (SSSR count). The number of carbonyl (C=O) groups is 1. The summed E-state index contributed by atoms with van der Waals surface area (Å²) in [4.78, 5) is 27.9. The molecule has 3 heterocycles. The third kappa shape index (κ3) is 2.76. The number of imidazole rings is 1. The van der Waals surface area contributed by atoms with Gasteiger partial charge in [0.15, 0.2) is 0 Å². The summed E-state index contributed by atoms with van der Waals surface area (Å²) in [6, 6.07) is 16.4. The van der Waals surface area contributed by atoms with E-state index in [1.807, 2.05) is 30.3 Å². The molecule has 1 saturated heterocycles. The second-order valence-electron chi connectivity index (χ2n) is 8.60. The van der Waals surface area contributed by atoms with Gasteiger partial charge in [0.05, 0.1) is 28.9 Å². The molecule has 0 saturated carbocycles. The van der Waals surface area contributed by atoms with Gasteiger partial charge in [-0.3, -0.25) is 9.36 Å². The van der Waals surface area contributed by atoms with Crippen molar-refractivity contribution in [1.82, 2.24) is 14.0 Å². The quantitative estimate of drug-likeness (QED) is 0.468. The van der Waals surface area contributed by atoms with Crippen LogP contribution in [0.25, 0.3) is 16.5 Å². The maximum Gasteiger partial charge on any atom is 0.417 e. The fourth-order valence-corrected chi connectivity index (χ4v) is 5.36. The standard InChI is InChI=1S/C25H18F3N3O3/c26-25(27,28)18-10-4-3-9-17(18)22(32)29-13-15-12-20(29)21-23(33)31(24(34)30(15)21)19-11-5-7-14-6-1-2-8-16(14)19/h1-11,15,20,33H,12-13H2/t15-,20-/m0/s1. The van der Waals surface area contributed by atoms with E-state index in [1.54, 1.807) is 12.1 Å². The Hall–Kier alpha value is -4.01. The lowest BCUT2D eigenvalue weighted by Crippen LogP contribution is -2.38. The minimum atomic E-state index is -4.67. The molecule has 9 heteroatoms. The number of nitrogens with zero attached hydrogens (tertiary/aromatic N) is 3. The van der Waals surface area contributed by atoms with Gasteiger partial charge < -0.3 is 10.0 Å². The monoisotopic (exact) mass is 465 g/mol. The Labute approximate surface area is 191 Å². The molecule has 0 aliphatic carbocycles. The Morgan fingerprint density at radius 2 is 1.68 bits per heavy atom. The van der Waals surface area contributed by atoms with Crippen molar-refractivity contribution in [1.29, 1.82) is 0 Å². The van der Waals surface area contributed by atoms with Gasteiger partial charge in [0.2, 0.25) is 5.88 Å². The number of aromatic hydroxyl groups is 1. The van der Waals surface area contributed by atoms with Crippen molar-refractivity contribution in [3.8, 4) is 11.6 Å². The van der Waals surface area contributed by atoms with Gasteiger partial charge in [-0.15, -0.1) is 0 Å². The number of hydrogen-bond acceptors (Lipinski definition) is 3. The Balaban J connectivity index is 1.46. The van der Waals surface area contributed by atoms with E-state index in [9.17, 15) is 27.9 Å². The first-order chi connectivity index (χ1) is 16.3. The molecular formula is C25H18F3N3O3. The number of aromatic nitrogens is 2. The number of benzene rings is 3. The molecule has 2 aliphatic rings. The zero-order valence-electron chi connectivity index (χ0n) is 17.7. The molecule has 3 aromatic carbocycles. The van der Waals surface area contributed by atoms with Crippen LogP contribution in [0.2, 0.25) is 0 Å². The van der Waals surface area contributed by atoms with Gasteiger partial charge in [0.1, 0.15) is 5.69 Å². The smallest absolute Gasteiger partial charge is 0.417 e. The van der Waals surface area contributed by atoms with Crippen molar-refractivity contribution in [2.45, 2.75) is 24.7 Å². The number of alkyl halides is 3. The molecule has 0 radical (unpaired) electrons. The Morgan fingerprint density at radius 1 is 0.971 bits per heavy atom. The zero-order valence-corrected chi connectivity index (χ0v) is 17.7. The summed E-state index contributed by atoms with van der Waals surface area (Å²) in [7, 11) is 0. The summed E-state index contributed by atoms with van der Waals surface area (Å²) in [5.41, 5.74) is -1.12. The first-order valence-corrected chi connectivity index (χ1v) is 10.8. The van der Waals surface area contributed by atoms with Crippen LogP contribution in [0.5, 0.6) is 5.88 Å². The largest absolute Gasteiger partial charge is 0.493 e. The number of rotatable bonds is 2. The van der Waals surface area contributed by atoms with Gasteiger partial charge >= 0.3 is 11.9 Å². The Bertz CT molecular complexity index is 1530. The van der Waals surface area contributed by atoms with Crippen LogP contribution < -0.4 is 5.69 Å². The predicted molar refractivity (Wildman–Crippen MR) is 118 cm³/mol. The third-order valence-corrected chi connectivity index (χ3v) is 6.79. The van der Waals surface area contributed by atoms with Crippen LogP contribution in [0.4, 0.5) is 13.2 Å². The van der Waals surface area contributed by atoms with E-state index >= 15 is 0 Å². The summed E-state index contributed by atoms with van der Waals surface area (Å²) in [6.07, 6.45) is -4.30. The van der Waals surface area contributed by atoms with E-state index < -0.39 is 41.0 Å². The van der Waals surface area contributed by atoms with Crippen LogP contribution in [-0.2, 0) is 6.18 Å². The number of likely N-dealkylation sites (tertiary alicyclic amines) is 1. The average Bonchev–Trinajstić information content (AvgIpc) is 3.49. The molecule has 2 aliphatic heterocycles.